The van der Waals surface area contributed by atoms with Gasteiger partial charge in [0.1, 0.15) is 16.2 Å². The molecule has 1 N–H and O–H groups in total. The monoisotopic (exact) mass is 469 g/mol. The topological polar surface area (TPSA) is 98.9 Å². The minimum absolute atomic E-state index is 0.0811. The van der Waals surface area contributed by atoms with Crippen molar-refractivity contribution in [1.29, 1.82) is 0 Å². The van der Waals surface area contributed by atoms with Crippen LogP contribution in [0, 0.1) is 5.92 Å². The van der Waals surface area contributed by atoms with Crippen LogP contribution in [0.5, 0.6) is 0 Å². The summed E-state index contributed by atoms with van der Waals surface area (Å²) in [5.74, 6) is 0.631. The first-order valence-electron chi connectivity index (χ1n) is 10.9. The summed E-state index contributed by atoms with van der Waals surface area (Å²) in [6.45, 7) is 10.00. The molecule has 0 radical (unpaired) electrons. The average molecular weight is 470 g/mol. The Hall–Kier alpha value is -2.94. The summed E-state index contributed by atoms with van der Waals surface area (Å²) in [5.41, 5.74) is -0.0189. The lowest BCUT2D eigenvalue weighted by molar-refractivity contribution is -0.119. The molecule has 1 unspecified atom stereocenters. The van der Waals surface area contributed by atoms with Crippen molar-refractivity contribution < 1.29 is 4.79 Å². The fourth-order valence-corrected chi connectivity index (χ4v) is 4.34. The number of hydrogen-bond acceptors (Lipinski definition) is 6. The number of nitrogens with one attached hydrogen (secondary N) is 1. The second-order valence-corrected chi connectivity index (χ2v) is 10.5. The third kappa shape index (κ3) is 5.19. The van der Waals surface area contributed by atoms with Crippen molar-refractivity contribution in [3.05, 3.63) is 62.6 Å². The van der Waals surface area contributed by atoms with E-state index >= 15 is 0 Å². The molecule has 0 aliphatic carbocycles. The molecule has 0 saturated heterocycles. The molecule has 0 spiro atoms. The van der Waals surface area contributed by atoms with Gasteiger partial charge in [-0.1, -0.05) is 76.7 Å². The molecular formula is C24H31N5O3S. The van der Waals surface area contributed by atoms with Gasteiger partial charge in [0.15, 0.2) is 5.65 Å². The summed E-state index contributed by atoms with van der Waals surface area (Å²) in [6, 6.07) is 9.71. The predicted molar refractivity (Wildman–Crippen MR) is 132 cm³/mol. The highest BCUT2D eigenvalue weighted by Crippen LogP contribution is 2.27. The van der Waals surface area contributed by atoms with Gasteiger partial charge in [0, 0.05) is 19.5 Å². The molecule has 1 amide bonds. The Labute approximate surface area is 197 Å². The number of carbonyl (C=O) groups excluding carboxylic acids is 1. The third-order valence-corrected chi connectivity index (χ3v) is 6.39. The zero-order valence-electron chi connectivity index (χ0n) is 20.2. The Kier molecular flexibility index (Phi) is 7.11. The van der Waals surface area contributed by atoms with Gasteiger partial charge < -0.3 is 5.32 Å². The number of carbonyl (C=O) groups is 1. The first-order chi connectivity index (χ1) is 15.4. The fourth-order valence-electron chi connectivity index (χ4n) is 3.51. The highest BCUT2D eigenvalue weighted by Gasteiger charge is 2.24. The van der Waals surface area contributed by atoms with Crippen LogP contribution in [0.3, 0.4) is 0 Å². The Bertz CT molecular complexity index is 1290. The number of benzene rings is 1. The van der Waals surface area contributed by atoms with E-state index in [2.05, 4.69) is 29.1 Å². The molecule has 0 bridgehead atoms. The lowest BCUT2D eigenvalue weighted by Crippen LogP contribution is -2.38. The molecule has 0 aliphatic heterocycles. The van der Waals surface area contributed by atoms with Crippen molar-refractivity contribution in [3.63, 3.8) is 0 Å². The van der Waals surface area contributed by atoms with E-state index in [1.54, 1.807) is 7.05 Å². The zero-order valence-corrected chi connectivity index (χ0v) is 21.0. The van der Waals surface area contributed by atoms with E-state index in [4.69, 9.17) is 0 Å². The van der Waals surface area contributed by atoms with Gasteiger partial charge >= 0.3 is 5.69 Å². The van der Waals surface area contributed by atoms with Gasteiger partial charge in [-0.25, -0.2) is 14.8 Å². The van der Waals surface area contributed by atoms with E-state index in [0.29, 0.717) is 10.9 Å². The van der Waals surface area contributed by atoms with Crippen molar-refractivity contribution >= 4 is 28.7 Å². The Morgan fingerprint density at radius 1 is 1.06 bits per heavy atom. The third-order valence-electron chi connectivity index (χ3n) is 5.42. The molecule has 1 aromatic carbocycles. The number of aromatic nitrogens is 4. The van der Waals surface area contributed by atoms with Crippen LogP contribution in [0.1, 0.15) is 52.0 Å². The lowest BCUT2D eigenvalue weighted by Gasteiger charge is -2.23. The summed E-state index contributed by atoms with van der Waals surface area (Å²) in [5, 5.41) is 3.75. The maximum absolute atomic E-state index is 12.9. The van der Waals surface area contributed by atoms with E-state index in [1.165, 1.54) is 23.4 Å². The maximum Gasteiger partial charge on any atom is 0.332 e. The van der Waals surface area contributed by atoms with Crippen LogP contribution in [0.15, 0.2) is 44.9 Å². The standard InChI is InChI=1S/C24H31N5O3S/c1-14(2)18(15-11-9-8-10-12-15)25-16(30)13-33-20-17-19(26-22(27-20)24(3,4)5)28(6)23(32)29(7)21(17)31/h8-12,14,18H,13H2,1-7H3,(H,25,30). The van der Waals surface area contributed by atoms with E-state index in [9.17, 15) is 14.4 Å². The van der Waals surface area contributed by atoms with Crippen molar-refractivity contribution in [2.45, 2.75) is 51.1 Å². The van der Waals surface area contributed by atoms with Gasteiger partial charge in [-0.05, 0) is 11.5 Å². The number of aryl methyl sites for hydroxylation is 1. The van der Waals surface area contributed by atoms with Gasteiger partial charge in [-0.2, -0.15) is 0 Å². The van der Waals surface area contributed by atoms with Crippen LogP contribution in [-0.4, -0.2) is 30.8 Å². The number of hydrogen-bond donors (Lipinski definition) is 1. The second kappa shape index (κ2) is 9.51. The van der Waals surface area contributed by atoms with Gasteiger partial charge in [-0.3, -0.25) is 18.7 Å². The molecule has 0 fully saturated rings. The van der Waals surface area contributed by atoms with Crippen LogP contribution < -0.4 is 16.6 Å². The van der Waals surface area contributed by atoms with E-state index in [0.717, 1.165) is 10.1 Å². The van der Waals surface area contributed by atoms with Gasteiger partial charge in [0.2, 0.25) is 5.91 Å². The summed E-state index contributed by atoms with van der Waals surface area (Å²) < 4.78 is 2.39. The lowest BCUT2D eigenvalue weighted by atomic mass is 9.96. The molecule has 1 atom stereocenters. The molecule has 2 heterocycles. The van der Waals surface area contributed by atoms with Gasteiger partial charge in [0.05, 0.1) is 11.8 Å². The fraction of sp³-hybridized carbons (Fsp3) is 0.458. The molecule has 8 nitrogen and oxygen atoms in total. The zero-order chi connectivity index (χ0) is 24.5. The van der Waals surface area contributed by atoms with Crippen LogP contribution in [0.4, 0.5) is 0 Å². The highest BCUT2D eigenvalue weighted by atomic mass is 32.2. The second-order valence-electron chi connectivity index (χ2n) is 9.50. The quantitative estimate of drug-likeness (QED) is 0.440. The molecule has 3 aromatic rings. The van der Waals surface area contributed by atoms with Crippen molar-refractivity contribution in [2.24, 2.45) is 20.0 Å². The summed E-state index contributed by atoms with van der Waals surface area (Å²) in [7, 11) is 3.01. The van der Waals surface area contributed by atoms with Crippen LogP contribution in [-0.2, 0) is 24.3 Å². The smallest absolute Gasteiger partial charge is 0.332 e. The molecular weight excluding hydrogens is 438 g/mol. The highest BCUT2D eigenvalue weighted by molar-refractivity contribution is 8.00. The van der Waals surface area contributed by atoms with Crippen LogP contribution in [0.25, 0.3) is 11.0 Å². The van der Waals surface area contributed by atoms with Crippen molar-refractivity contribution in [2.75, 3.05) is 5.75 Å². The Morgan fingerprint density at radius 3 is 2.27 bits per heavy atom. The van der Waals surface area contributed by atoms with Gasteiger partial charge in [-0.15, -0.1) is 0 Å². The number of nitrogens with zero attached hydrogens (tertiary/aromatic N) is 4. The predicted octanol–water partition coefficient (Wildman–Crippen LogP) is 2.93. The molecule has 33 heavy (non-hydrogen) atoms. The molecule has 3 rings (SSSR count). The number of fused-ring (bicyclic) bond motifs is 1. The molecule has 0 saturated carbocycles. The summed E-state index contributed by atoms with van der Waals surface area (Å²) in [6.07, 6.45) is 0. The average Bonchev–Trinajstić information content (AvgIpc) is 2.77. The van der Waals surface area contributed by atoms with Crippen molar-refractivity contribution in [1.82, 2.24) is 24.4 Å². The molecule has 9 heteroatoms. The normalized spacial score (nSPS) is 12.8. The minimum Gasteiger partial charge on any atom is -0.348 e. The van der Waals surface area contributed by atoms with Gasteiger partial charge in [0.25, 0.3) is 5.56 Å². The van der Waals surface area contributed by atoms with Crippen LogP contribution >= 0.6 is 11.8 Å². The number of amides is 1. The maximum atomic E-state index is 12.9. The minimum atomic E-state index is -0.471. The first kappa shape index (κ1) is 24.7. The Balaban J connectivity index is 1.97. The summed E-state index contributed by atoms with van der Waals surface area (Å²) in [4.78, 5) is 47.4. The van der Waals surface area contributed by atoms with E-state index < -0.39 is 16.7 Å². The summed E-state index contributed by atoms with van der Waals surface area (Å²) >= 11 is 1.18. The van der Waals surface area contributed by atoms with Crippen molar-refractivity contribution in [3.8, 4) is 0 Å². The van der Waals surface area contributed by atoms with E-state index in [1.807, 2.05) is 51.1 Å². The SMILES string of the molecule is CC(C)C(NC(=O)CSc1nc(C(C)(C)C)nc2c1c(=O)n(C)c(=O)n2C)c1ccccc1. The van der Waals surface area contributed by atoms with E-state index in [-0.39, 0.29) is 34.7 Å². The first-order valence-corrected chi connectivity index (χ1v) is 11.9. The number of thioether (sulfide) groups is 1. The number of rotatable bonds is 6. The molecule has 0 aliphatic rings. The largest absolute Gasteiger partial charge is 0.348 e. The van der Waals surface area contributed by atoms with Crippen LogP contribution in [0.2, 0.25) is 0 Å². The molecule has 2 aromatic heterocycles. The molecule has 176 valence electrons. The Morgan fingerprint density at radius 2 is 1.70 bits per heavy atom.